The second-order valence-corrected chi connectivity index (χ2v) is 12.4. The second kappa shape index (κ2) is 18.4. The molecule has 0 bridgehead atoms. The number of benzene rings is 2. The molecule has 0 radical (unpaired) electrons. The Hall–Kier alpha value is -4.81. The van der Waals surface area contributed by atoms with Gasteiger partial charge < -0.3 is 30.5 Å². The summed E-state index contributed by atoms with van der Waals surface area (Å²) in [6.45, 7) is 3.66. The molecule has 2 aromatic carbocycles. The van der Waals surface area contributed by atoms with E-state index in [2.05, 4.69) is 25.9 Å². The highest BCUT2D eigenvalue weighted by Crippen LogP contribution is 2.16. The minimum Gasteiger partial charge on any atom is -0.445 e. The van der Waals surface area contributed by atoms with Gasteiger partial charge in [0.1, 0.15) is 24.3 Å². The van der Waals surface area contributed by atoms with Crippen molar-refractivity contribution in [3.63, 3.8) is 0 Å². The number of aliphatic hydroxyl groups is 1. The Morgan fingerprint density at radius 3 is 2.04 bits per heavy atom. The first kappa shape index (κ1) is 35.1. The molecule has 4 atom stereocenters. The molecule has 0 spiro atoms. The third kappa shape index (κ3) is 12.1. The Kier molecular flexibility index (Phi) is 13.7. The predicted octanol–water partition coefficient (Wildman–Crippen LogP) is 4.81. The third-order valence-electron chi connectivity index (χ3n) is 7.39. The van der Waals surface area contributed by atoms with Gasteiger partial charge in [0.05, 0.1) is 12.1 Å². The van der Waals surface area contributed by atoms with E-state index in [1.165, 1.54) is 11.3 Å². The van der Waals surface area contributed by atoms with Gasteiger partial charge in [-0.1, -0.05) is 80.6 Å². The van der Waals surface area contributed by atoms with E-state index in [0.717, 1.165) is 16.7 Å². The van der Waals surface area contributed by atoms with Crippen LogP contribution in [0.3, 0.4) is 0 Å². The highest BCUT2D eigenvalue weighted by molar-refractivity contribution is 7.09. The number of hydrogen-bond donors (Lipinski definition) is 4. The van der Waals surface area contributed by atoms with Crippen LogP contribution in [0.15, 0.2) is 96.8 Å². The van der Waals surface area contributed by atoms with Crippen LogP contribution in [0.1, 0.15) is 42.0 Å². The average Bonchev–Trinajstić information content (AvgIpc) is 3.60. The van der Waals surface area contributed by atoms with E-state index in [9.17, 15) is 19.5 Å². The van der Waals surface area contributed by atoms with E-state index in [4.69, 9.17) is 9.47 Å². The van der Waals surface area contributed by atoms with Gasteiger partial charge in [0.2, 0.25) is 5.91 Å². The van der Waals surface area contributed by atoms with Crippen molar-refractivity contribution in [2.45, 2.75) is 70.6 Å². The van der Waals surface area contributed by atoms with Crippen LogP contribution in [0.2, 0.25) is 0 Å². The number of carbonyl (C=O) groups excluding carboxylic acids is 3. The standard InChI is InChI=1S/C35H41N5O6S/c1-24(2)32(40-35(44)46-23-31-37-16-17-47-31)33(42)39-29(19-26-12-7-4-8-13-26)30(41)20-28(18-25-10-5-3-6-11-25)38-34(43)45-22-27-14-9-15-36-21-27/h3-17,21,24,28-30,32,41H,18-20,22-23H2,1-2H3,(H,38,43)(H,39,42)(H,40,44)/t28-,29-,30-,32-/m0/s1. The maximum absolute atomic E-state index is 13.6. The lowest BCUT2D eigenvalue weighted by atomic mass is 9.93. The van der Waals surface area contributed by atoms with Gasteiger partial charge in [0.25, 0.3) is 0 Å². The lowest BCUT2D eigenvalue weighted by molar-refractivity contribution is -0.125. The van der Waals surface area contributed by atoms with Crippen LogP contribution in [0.25, 0.3) is 0 Å². The van der Waals surface area contributed by atoms with Crippen molar-refractivity contribution >= 4 is 29.4 Å². The van der Waals surface area contributed by atoms with Gasteiger partial charge in [-0.2, -0.15) is 0 Å². The number of pyridine rings is 1. The van der Waals surface area contributed by atoms with Gasteiger partial charge in [0, 0.05) is 35.6 Å². The highest BCUT2D eigenvalue weighted by atomic mass is 32.1. The van der Waals surface area contributed by atoms with E-state index in [0.29, 0.717) is 17.8 Å². The molecule has 2 aromatic heterocycles. The number of carbonyl (C=O) groups is 3. The SMILES string of the molecule is CC(C)[C@H](NC(=O)OCc1nccs1)C(=O)N[C@@H](Cc1ccccc1)[C@@H](O)C[C@H](Cc1ccccc1)NC(=O)OCc1cccnc1. The molecule has 12 heteroatoms. The van der Waals surface area contributed by atoms with Crippen molar-refractivity contribution in [3.05, 3.63) is 118 Å². The maximum atomic E-state index is 13.6. The van der Waals surface area contributed by atoms with Crippen molar-refractivity contribution in [1.29, 1.82) is 0 Å². The van der Waals surface area contributed by atoms with Crippen LogP contribution in [0.5, 0.6) is 0 Å². The minimum atomic E-state index is -1.07. The van der Waals surface area contributed by atoms with Gasteiger partial charge in [0.15, 0.2) is 0 Å². The molecule has 248 valence electrons. The van der Waals surface area contributed by atoms with Gasteiger partial charge in [-0.3, -0.25) is 9.78 Å². The molecule has 0 saturated carbocycles. The lowest BCUT2D eigenvalue weighted by Crippen LogP contribution is -2.56. The minimum absolute atomic E-state index is 0.00818. The molecule has 0 saturated heterocycles. The number of rotatable bonds is 16. The molecule has 3 amide bonds. The van der Waals surface area contributed by atoms with E-state index < -0.39 is 42.3 Å². The molecule has 4 rings (SSSR count). The molecule has 2 heterocycles. The monoisotopic (exact) mass is 659 g/mol. The van der Waals surface area contributed by atoms with E-state index in [1.54, 1.807) is 30.0 Å². The van der Waals surface area contributed by atoms with Crippen molar-refractivity contribution in [2.75, 3.05) is 0 Å². The zero-order valence-electron chi connectivity index (χ0n) is 26.5. The Labute approximate surface area is 278 Å². The molecule has 0 aliphatic carbocycles. The van der Waals surface area contributed by atoms with E-state index >= 15 is 0 Å². The first-order chi connectivity index (χ1) is 22.8. The summed E-state index contributed by atoms with van der Waals surface area (Å²) in [6, 6.07) is 20.5. The quantitative estimate of drug-likeness (QED) is 0.134. The van der Waals surface area contributed by atoms with Crippen molar-refractivity contribution in [2.24, 2.45) is 5.92 Å². The fraction of sp³-hybridized carbons (Fsp3) is 0.343. The van der Waals surface area contributed by atoms with Crippen molar-refractivity contribution in [1.82, 2.24) is 25.9 Å². The lowest BCUT2D eigenvalue weighted by Gasteiger charge is -2.30. The number of thiazole rings is 1. The summed E-state index contributed by atoms with van der Waals surface area (Å²) >= 11 is 1.36. The topological polar surface area (TPSA) is 152 Å². The Bertz CT molecular complexity index is 1510. The zero-order chi connectivity index (χ0) is 33.4. The molecule has 47 heavy (non-hydrogen) atoms. The Balaban J connectivity index is 1.46. The molecule has 0 aliphatic heterocycles. The number of alkyl carbamates (subject to hydrolysis) is 2. The summed E-state index contributed by atoms with van der Waals surface area (Å²) in [5, 5.41) is 22.6. The summed E-state index contributed by atoms with van der Waals surface area (Å²) in [4.78, 5) is 47.2. The fourth-order valence-corrected chi connectivity index (χ4v) is 5.49. The van der Waals surface area contributed by atoms with Crippen LogP contribution in [-0.4, -0.2) is 57.4 Å². The van der Waals surface area contributed by atoms with Gasteiger partial charge in [-0.05, 0) is 42.4 Å². The molecule has 0 fully saturated rings. The number of hydrogen-bond acceptors (Lipinski definition) is 9. The number of aromatic nitrogens is 2. The summed E-state index contributed by atoms with van der Waals surface area (Å²) in [5.41, 5.74) is 2.60. The summed E-state index contributed by atoms with van der Waals surface area (Å²) < 4.78 is 10.7. The molecular formula is C35H41N5O6S. The zero-order valence-corrected chi connectivity index (χ0v) is 27.3. The van der Waals surface area contributed by atoms with Gasteiger partial charge in [-0.15, -0.1) is 11.3 Å². The number of amides is 3. The molecule has 4 N–H and O–H groups in total. The Morgan fingerprint density at radius 2 is 1.43 bits per heavy atom. The largest absolute Gasteiger partial charge is 0.445 e. The highest BCUT2D eigenvalue weighted by Gasteiger charge is 2.31. The van der Waals surface area contributed by atoms with Crippen LogP contribution < -0.4 is 16.0 Å². The van der Waals surface area contributed by atoms with E-state index in [1.807, 2.05) is 80.6 Å². The molecular weight excluding hydrogens is 618 g/mol. The normalized spacial score (nSPS) is 13.5. The smallest absolute Gasteiger partial charge is 0.408 e. The van der Waals surface area contributed by atoms with Crippen LogP contribution in [0.4, 0.5) is 9.59 Å². The molecule has 0 aliphatic rings. The van der Waals surface area contributed by atoms with E-state index in [-0.39, 0.29) is 25.6 Å². The summed E-state index contributed by atoms with van der Waals surface area (Å²) in [7, 11) is 0. The Morgan fingerprint density at radius 1 is 0.787 bits per heavy atom. The van der Waals surface area contributed by atoms with Crippen LogP contribution in [-0.2, 0) is 40.3 Å². The van der Waals surface area contributed by atoms with Crippen LogP contribution >= 0.6 is 11.3 Å². The summed E-state index contributed by atoms with van der Waals surface area (Å²) in [5.74, 6) is -0.742. The summed E-state index contributed by atoms with van der Waals surface area (Å²) in [6.07, 6.45) is 3.28. The van der Waals surface area contributed by atoms with Crippen molar-refractivity contribution < 1.29 is 29.0 Å². The molecule has 4 aromatic rings. The molecule has 0 unspecified atom stereocenters. The fourth-order valence-electron chi connectivity index (χ4n) is 4.97. The number of aliphatic hydroxyl groups excluding tert-OH is 1. The molecule has 11 nitrogen and oxygen atoms in total. The number of nitrogens with one attached hydrogen (secondary N) is 3. The maximum Gasteiger partial charge on any atom is 0.408 e. The second-order valence-electron chi connectivity index (χ2n) is 11.4. The number of nitrogens with zero attached hydrogens (tertiary/aromatic N) is 2. The van der Waals surface area contributed by atoms with Gasteiger partial charge in [-0.25, -0.2) is 14.6 Å². The average molecular weight is 660 g/mol. The predicted molar refractivity (Wildman–Crippen MR) is 178 cm³/mol. The first-order valence-electron chi connectivity index (χ1n) is 15.5. The van der Waals surface area contributed by atoms with Gasteiger partial charge >= 0.3 is 12.2 Å². The van der Waals surface area contributed by atoms with Crippen molar-refractivity contribution in [3.8, 4) is 0 Å². The van der Waals surface area contributed by atoms with Crippen LogP contribution in [0, 0.1) is 5.92 Å². The third-order valence-corrected chi connectivity index (χ3v) is 8.14. The first-order valence-corrected chi connectivity index (χ1v) is 16.3. The number of ether oxygens (including phenoxy) is 2.